The molecule has 5 nitrogen and oxygen atoms in total. The van der Waals surface area contributed by atoms with Crippen molar-refractivity contribution in [3.05, 3.63) is 58.7 Å². The number of hydrogen-bond acceptors (Lipinski definition) is 4. The van der Waals surface area contributed by atoms with Crippen LogP contribution in [0.15, 0.2) is 36.4 Å². The lowest BCUT2D eigenvalue weighted by molar-refractivity contribution is -0.122. The van der Waals surface area contributed by atoms with Crippen molar-refractivity contribution in [2.45, 2.75) is 33.8 Å². The quantitative estimate of drug-likeness (QED) is 0.840. The molecule has 132 valence electrons. The van der Waals surface area contributed by atoms with Crippen LogP contribution in [-0.2, 0) is 9.53 Å². The molecule has 2 rings (SSSR count). The van der Waals surface area contributed by atoms with E-state index in [1.807, 2.05) is 26.8 Å². The summed E-state index contributed by atoms with van der Waals surface area (Å²) in [4.78, 5) is 23.8. The number of carbonyl (C=O) groups is 2. The van der Waals surface area contributed by atoms with E-state index < -0.39 is 12.1 Å². The van der Waals surface area contributed by atoms with E-state index in [0.29, 0.717) is 17.0 Å². The van der Waals surface area contributed by atoms with Crippen LogP contribution in [0.3, 0.4) is 0 Å². The predicted molar refractivity (Wildman–Crippen MR) is 97.2 cm³/mol. The molecule has 0 unspecified atom stereocenters. The highest BCUT2D eigenvalue weighted by Crippen LogP contribution is 2.24. The van der Waals surface area contributed by atoms with Crippen LogP contribution in [0.5, 0.6) is 5.75 Å². The molecule has 1 atom stereocenters. The lowest BCUT2D eigenvalue weighted by Gasteiger charge is -2.18. The lowest BCUT2D eigenvalue weighted by Crippen LogP contribution is -2.30. The molecule has 0 aliphatic carbocycles. The average molecular weight is 341 g/mol. The predicted octanol–water partition coefficient (Wildman–Crippen LogP) is 3.80. The van der Waals surface area contributed by atoms with Gasteiger partial charge in [0.15, 0.2) is 6.10 Å². The zero-order valence-corrected chi connectivity index (χ0v) is 15.2. The molecule has 0 saturated heterocycles. The Labute approximate surface area is 148 Å². The maximum absolute atomic E-state index is 12.3. The summed E-state index contributed by atoms with van der Waals surface area (Å²) < 4.78 is 10.5. The molecule has 2 aromatic rings. The van der Waals surface area contributed by atoms with Gasteiger partial charge in [-0.2, -0.15) is 0 Å². The van der Waals surface area contributed by atoms with Gasteiger partial charge in [0.2, 0.25) is 0 Å². The highest BCUT2D eigenvalue weighted by molar-refractivity contribution is 5.95. The third-order valence-electron chi connectivity index (χ3n) is 4.01. The second-order valence-corrected chi connectivity index (χ2v) is 6.02. The van der Waals surface area contributed by atoms with Crippen molar-refractivity contribution < 1.29 is 19.1 Å². The summed E-state index contributed by atoms with van der Waals surface area (Å²) in [6, 6.07) is 10.5. The van der Waals surface area contributed by atoms with Crippen molar-refractivity contribution >= 4 is 17.6 Å². The Hall–Kier alpha value is -2.82. The Morgan fingerprint density at radius 2 is 1.68 bits per heavy atom. The van der Waals surface area contributed by atoms with E-state index in [0.717, 1.165) is 16.7 Å². The van der Waals surface area contributed by atoms with E-state index in [-0.39, 0.29) is 5.91 Å². The second-order valence-electron chi connectivity index (χ2n) is 6.02. The van der Waals surface area contributed by atoms with E-state index in [2.05, 4.69) is 16.1 Å². The molecule has 25 heavy (non-hydrogen) atoms. The fraction of sp³-hybridized carbons (Fsp3) is 0.300. The smallest absolute Gasteiger partial charge is 0.337 e. The minimum Gasteiger partial charge on any atom is -0.481 e. The summed E-state index contributed by atoms with van der Waals surface area (Å²) in [5.74, 6) is 0.0328. The van der Waals surface area contributed by atoms with Gasteiger partial charge in [0.25, 0.3) is 5.91 Å². The summed E-state index contributed by atoms with van der Waals surface area (Å²) in [5, 5.41) is 2.78. The first-order valence-corrected chi connectivity index (χ1v) is 8.05. The first-order chi connectivity index (χ1) is 11.8. The number of esters is 1. The van der Waals surface area contributed by atoms with Crippen molar-refractivity contribution in [2.75, 3.05) is 12.4 Å². The van der Waals surface area contributed by atoms with Crippen LogP contribution in [-0.4, -0.2) is 25.1 Å². The molecular weight excluding hydrogens is 318 g/mol. The summed E-state index contributed by atoms with van der Waals surface area (Å²) in [5.41, 5.74) is 4.25. The maximum Gasteiger partial charge on any atom is 0.337 e. The summed E-state index contributed by atoms with van der Waals surface area (Å²) in [6.45, 7) is 7.69. The van der Waals surface area contributed by atoms with Crippen LogP contribution >= 0.6 is 0 Å². The van der Waals surface area contributed by atoms with Crippen molar-refractivity contribution in [1.29, 1.82) is 0 Å². The number of rotatable bonds is 5. The van der Waals surface area contributed by atoms with Crippen LogP contribution < -0.4 is 10.1 Å². The Balaban J connectivity index is 2.04. The van der Waals surface area contributed by atoms with Crippen molar-refractivity contribution in [1.82, 2.24) is 0 Å². The topological polar surface area (TPSA) is 64.6 Å². The first-order valence-electron chi connectivity index (χ1n) is 8.05. The molecular formula is C20H23NO4. The molecule has 1 N–H and O–H groups in total. The van der Waals surface area contributed by atoms with Crippen molar-refractivity contribution in [3.8, 4) is 5.75 Å². The summed E-state index contributed by atoms with van der Waals surface area (Å²) in [7, 11) is 1.33. The van der Waals surface area contributed by atoms with Gasteiger partial charge in [0.1, 0.15) is 5.75 Å². The highest BCUT2D eigenvalue weighted by atomic mass is 16.5. The van der Waals surface area contributed by atoms with Crippen molar-refractivity contribution in [2.24, 2.45) is 0 Å². The fourth-order valence-corrected chi connectivity index (χ4v) is 2.42. The molecule has 0 radical (unpaired) electrons. The number of methoxy groups -OCH3 is 1. The van der Waals surface area contributed by atoms with Gasteiger partial charge in [-0.05, 0) is 74.7 Å². The van der Waals surface area contributed by atoms with E-state index in [1.54, 1.807) is 31.2 Å². The number of carbonyl (C=O) groups excluding carboxylic acids is 2. The van der Waals surface area contributed by atoms with Crippen LogP contribution in [0.2, 0.25) is 0 Å². The third kappa shape index (κ3) is 4.59. The number of benzene rings is 2. The molecule has 1 amide bonds. The molecule has 0 heterocycles. The van der Waals surface area contributed by atoms with Gasteiger partial charge in [0, 0.05) is 5.69 Å². The van der Waals surface area contributed by atoms with Gasteiger partial charge >= 0.3 is 5.97 Å². The van der Waals surface area contributed by atoms with Gasteiger partial charge in [0.05, 0.1) is 12.7 Å². The SMILES string of the molecule is COC(=O)c1ccc(NC(=O)[C@H](C)Oc2cc(C)cc(C)c2C)cc1. The Morgan fingerprint density at radius 3 is 2.28 bits per heavy atom. The van der Waals surface area contributed by atoms with E-state index in [1.165, 1.54) is 7.11 Å². The maximum atomic E-state index is 12.3. The second kappa shape index (κ2) is 7.83. The largest absolute Gasteiger partial charge is 0.481 e. The highest BCUT2D eigenvalue weighted by Gasteiger charge is 2.17. The van der Waals surface area contributed by atoms with Gasteiger partial charge in [-0.15, -0.1) is 0 Å². The average Bonchev–Trinajstić information content (AvgIpc) is 2.59. The number of hydrogen-bond donors (Lipinski definition) is 1. The molecule has 0 fully saturated rings. The van der Waals surface area contributed by atoms with Crippen LogP contribution in [0, 0.1) is 20.8 Å². The number of nitrogens with one attached hydrogen (secondary N) is 1. The lowest BCUT2D eigenvalue weighted by atomic mass is 10.1. The molecule has 0 aliphatic rings. The molecule has 0 bridgehead atoms. The van der Waals surface area contributed by atoms with Crippen LogP contribution in [0.25, 0.3) is 0 Å². The summed E-state index contributed by atoms with van der Waals surface area (Å²) in [6.07, 6.45) is -0.653. The number of amides is 1. The van der Waals surface area contributed by atoms with Gasteiger partial charge in [-0.3, -0.25) is 4.79 Å². The fourth-order valence-electron chi connectivity index (χ4n) is 2.42. The standard InChI is InChI=1S/C20H23NO4/c1-12-10-13(2)14(3)18(11-12)25-15(4)19(22)21-17-8-6-16(7-9-17)20(23)24-5/h6-11,15H,1-5H3,(H,21,22)/t15-/m0/s1. The minimum atomic E-state index is -0.653. The molecule has 0 spiro atoms. The van der Waals surface area contributed by atoms with Gasteiger partial charge in [-0.25, -0.2) is 4.79 Å². The monoisotopic (exact) mass is 341 g/mol. The minimum absolute atomic E-state index is 0.260. The zero-order valence-electron chi connectivity index (χ0n) is 15.2. The molecule has 2 aromatic carbocycles. The normalized spacial score (nSPS) is 11.6. The molecule has 0 aromatic heterocycles. The number of ether oxygens (including phenoxy) is 2. The molecule has 0 aliphatic heterocycles. The van der Waals surface area contributed by atoms with E-state index in [9.17, 15) is 9.59 Å². The van der Waals surface area contributed by atoms with Gasteiger partial charge in [-0.1, -0.05) is 6.07 Å². The van der Waals surface area contributed by atoms with E-state index >= 15 is 0 Å². The Kier molecular flexibility index (Phi) is 5.80. The first kappa shape index (κ1) is 18.5. The Bertz CT molecular complexity index is 781. The van der Waals surface area contributed by atoms with E-state index in [4.69, 9.17) is 4.74 Å². The third-order valence-corrected chi connectivity index (χ3v) is 4.01. The van der Waals surface area contributed by atoms with Gasteiger partial charge < -0.3 is 14.8 Å². The van der Waals surface area contributed by atoms with Crippen LogP contribution in [0.4, 0.5) is 5.69 Å². The molecule has 0 saturated carbocycles. The molecule has 5 heteroatoms. The van der Waals surface area contributed by atoms with Crippen LogP contribution in [0.1, 0.15) is 34.0 Å². The Morgan fingerprint density at radius 1 is 1.04 bits per heavy atom. The number of anilines is 1. The zero-order chi connectivity index (χ0) is 18.6. The summed E-state index contributed by atoms with van der Waals surface area (Å²) >= 11 is 0. The number of aryl methyl sites for hydroxylation is 2. The van der Waals surface area contributed by atoms with Crippen molar-refractivity contribution in [3.63, 3.8) is 0 Å².